The van der Waals surface area contributed by atoms with E-state index in [9.17, 15) is 9.59 Å². The number of fused-ring (bicyclic) bond motifs is 1. The van der Waals surface area contributed by atoms with Crippen molar-refractivity contribution in [3.8, 4) is 5.75 Å². The van der Waals surface area contributed by atoms with Crippen molar-refractivity contribution in [2.75, 3.05) is 32.5 Å². The number of nitrogens with one attached hydrogen (secondary N) is 2. The van der Waals surface area contributed by atoms with Crippen molar-refractivity contribution in [1.82, 2.24) is 24.8 Å². The Kier molecular flexibility index (Phi) is 5.45. The predicted molar refractivity (Wildman–Crippen MR) is 125 cm³/mol. The summed E-state index contributed by atoms with van der Waals surface area (Å²) in [7, 11) is 3.22. The van der Waals surface area contributed by atoms with Gasteiger partial charge in [-0.2, -0.15) is 0 Å². The van der Waals surface area contributed by atoms with Gasteiger partial charge in [-0.15, -0.1) is 0 Å². The van der Waals surface area contributed by atoms with Crippen LogP contribution in [0.15, 0.2) is 42.9 Å². The van der Waals surface area contributed by atoms with Crippen LogP contribution in [0.3, 0.4) is 0 Å². The number of hydrogen-bond donors (Lipinski definition) is 2. The molecule has 3 heterocycles. The molecule has 33 heavy (non-hydrogen) atoms. The van der Waals surface area contributed by atoms with E-state index < -0.39 is 6.09 Å². The maximum absolute atomic E-state index is 12.8. The molecule has 3 amide bonds. The molecule has 1 aromatic carbocycles. The zero-order chi connectivity index (χ0) is 22.9. The lowest BCUT2D eigenvalue weighted by molar-refractivity contribution is 0.172. The first-order chi connectivity index (χ1) is 16.0. The van der Waals surface area contributed by atoms with Crippen LogP contribution in [0.25, 0.3) is 16.6 Å². The maximum Gasteiger partial charge on any atom is 0.414 e. The van der Waals surface area contributed by atoms with E-state index in [-0.39, 0.29) is 6.03 Å². The SMILES string of the molecule is CN(C)C(=O)Oc1cccc(NC(=O)N2CC=C(c3ncnc4[nH]cc(C5CC5)c34)CC2)c1. The van der Waals surface area contributed by atoms with E-state index in [1.165, 1.54) is 23.3 Å². The maximum atomic E-state index is 12.8. The lowest BCUT2D eigenvalue weighted by Gasteiger charge is -2.27. The van der Waals surface area contributed by atoms with Gasteiger partial charge in [0.2, 0.25) is 0 Å². The Morgan fingerprint density at radius 2 is 2.09 bits per heavy atom. The van der Waals surface area contributed by atoms with Crippen LogP contribution in [0.2, 0.25) is 0 Å². The molecule has 2 N–H and O–H groups in total. The predicted octanol–water partition coefficient (Wildman–Crippen LogP) is 4.22. The highest BCUT2D eigenvalue weighted by atomic mass is 16.6. The first-order valence-corrected chi connectivity index (χ1v) is 11.1. The largest absolute Gasteiger partial charge is 0.414 e. The van der Waals surface area contributed by atoms with Crippen molar-refractivity contribution < 1.29 is 14.3 Å². The molecule has 170 valence electrons. The third kappa shape index (κ3) is 4.39. The van der Waals surface area contributed by atoms with Gasteiger partial charge < -0.3 is 24.8 Å². The van der Waals surface area contributed by atoms with E-state index in [1.807, 2.05) is 0 Å². The number of ether oxygens (including phenoxy) is 1. The van der Waals surface area contributed by atoms with Crippen molar-refractivity contribution in [1.29, 1.82) is 0 Å². The van der Waals surface area contributed by atoms with Crippen molar-refractivity contribution >= 4 is 34.4 Å². The van der Waals surface area contributed by atoms with E-state index in [4.69, 9.17) is 4.74 Å². The van der Waals surface area contributed by atoms with Gasteiger partial charge in [-0.25, -0.2) is 19.6 Å². The summed E-state index contributed by atoms with van der Waals surface area (Å²) < 4.78 is 5.26. The second-order valence-electron chi connectivity index (χ2n) is 8.61. The van der Waals surface area contributed by atoms with Gasteiger partial charge >= 0.3 is 12.1 Å². The molecule has 0 radical (unpaired) electrons. The number of carbonyl (C=O) groups excluding carboxylic acids is 2. The number of H-pyrrole nitrogens is 1. The molecule has 2 aromatic heterocycles. The van der Waals surface area contributed by atoms with Gasteiger partial charge in [-0.1, -0.05) is 12.1 Å². The van der Waals surface area contributed by atoms with Crippen LogP contribution in [-0.2, 0) is 0 Å². The summed E-state index contributed by atoms with van der Waals surface area (Å²) in [5, 5.41) is 4.01. The highest BCUT2D eigenvalue weighted by Crippen LogP contribution is 2.44. The Labute approximate surface area is 191 Å². The van der Waals surface area contributed by atoms with Crippen molar-refractivity contribution in [3.63, 3.8) is 0 Å². The van der Waals surface area contributed by atoms with Crippen LogP contribution >= 0.6 is 0 Å². The minimum absolute atomic E-state index is 0.200. The second-order valence-corrected chi connectivity index (χ2v) is 8.61. The molecule has 1 aliphatic heterocycles. The average Bonchev–Trinajstić information content (AvgIpc) is 3.57. The molecule has 1 aliphatic carbocycles. The highest BCUT2D eigenvalue weighted by Gasteiger charge is 2.29. The lowest BCUT2D eigenvalue weighted by atomic mass is 9.99. The van der Waals surface area contributed by atoms with Crippen LogP contribution in [0.1, 0.15) is 36.4 Å². The number of aromatic nitrogens is 3. The van der Waals surface area contributed by atoms with E-state index in [1.54, 1.807) is 49.6 Å². The summed E-state index contributed by atoms with van der Waals surface area (Å²) in [5.41, 5.74) is 4.86. The number of hydrogen-bond acceptors (Lipinski definition) is 5. The first kappa shape index (κ1) is 21.0. The monoisotopic (exact) mass is 446 g/mol. The molecular formula is C24H26N6O3. The fraction of sp³-hybridized carbons (Fsp3) is 0.333. The zero-order valence-electron chi connectivity index (χ0n) is 18.7. The summed E-state index contributed by atoms with van der Waals surface area (Å²) in [6.07, 6.45) is 8.40. The molecule has 5 rings (SSSR count). The molecule has 0 saturated heterocycles. The quantitative estimate of drug-likeness (QED) is 0.625. The minimum Gasteiger partial charge on any atom is -0.410 e. The average molecular weight is 447 g/mol. The van der Waals surface area contributed by atoms with Gasteiger partial charge in [0.25, 0.3) is 0 Å². The summed E-state index contributed by atoms with van der Waals surface area (Å²) in [5.74, 6) is 0.973. The number of nitrogens with zero attached hydrogens (tertiary/aromatic N) is 4. The van der Waals surface area contributed by atoms with Crippen LogP contribution in [0.4, 0.5) is 15.3 Å². The number of aromatic amines is 1. The molecule has 0 unspecified atom stereocenters. The zero-order valence-corrected chi connectivity index (χ0v) is 18.7. The number of carbonyl (C=O) groups is 2. The first-order valence-electron chi connectivity index (χ1n) is 11.1. The molecule has 1 saturated carbocycles. The van der Waals surface area contributed by atoms with Gasteiger partial charge in [0.15, 0.2) is 0 Å². The van der Waals surface area contributed by atoms with Gasteiger partial charge in [0.1, 0.15) is 17.7 Å². The third-order valence-electron chi connectivity index (χ3n) is 5.97. The van der Waals surface area contributed by atoms with Crippen LogP contribution in [0.5, 0.6) is 5.75 Å². The van der Waals surface area contributed by atoms with E-state index in [2.05, 4.69) is 32.5 Å². The molecule has 9 nitrogen and oxygen atoms in total. The normalized spacial score (nSPS) is 15.8. The Hall–Kier alpha value is -3.88. The molecule has 9 heteroatoms. The van der Waals surface area contributed by atoms with Gasteiger partial charge in [-0.05, 0) is 48.4 Å². The molecule has 0 atom stereocenters. The van der Waals surface area contributed by atoms with Crippen molar-refractivity contribution in [2.24, 2.45) is 0 Å². The second kappa shape index (κ2) is 8.57. The Bertz CT molecular complexity index is 1240. The number of rotatable bonds is 4. The molecule has 1 fully saturated rings. The van der Waals surface area contributed by atoms with Gasteiger partial charge in [0.05, 0.1) is 5.69 Å². The van der Waals surface area contributed by atoms with Gasteiger partial charge in [-0.3, -0.25) is 0 Å². The Balaban J connectivity index is 1.27. The summed E-state index contributed by atoms with van der Waals surface area (Å²) in [6.45, 7) is 1.08. The molecule has 2 aliphatic rings. The fourth-order valence-corrected chi connectivity index (χ4v) is 4.05. The highest BCUT2D eigenvalue weighted by molar-refractivity contribution is 5.93. The summed E-state index contributed by atoms with van der Waals surface area (Å²) in [4.78, 5) is 39.9. The molecule has 0 bridgehead atoms. The van der Waals surface area contributed by atoms with E-state index in [0.29, 0.717) is 30.4 Å². The standard InChI is InChI=1S/C24H26N6O3/c1-29(2)24(32)33-18-5-3-4-17(12-18)28-23(31)30-10-8-16(9-11-30)21-20-19(15-6-7-15)13-25-22(20)27-14-26-21/h3-5,8,12-15H,6-7,9-11H2,1-2H3,(H,28,31)(H,25,26,27). The molecular weight excluding hydrogens is 420 g/mol. The summed E-state index contributed by atoms with van der Waals surface area (Å²) >= 11 is 0. The number of urea groups is 1. The smallest absolute Gasteiger partial charge is 0.410 e. The number of amides is 3. The third-order valence-corrected chi connectivity index (χ3v) is 5.97. The molecule has 0 spiro atoms. The van der Waals surface area contributed by atoms with Crippen molar-refractivity contribution in [3.05, 3.63) is 54.1 Å². The fourth-order valence-electron chi connectivity index (χ4n) is 4.05. The number of anilines is 1. The van der Waals surface area contributed by atoms with Crippen LogP contribution in [-0.4, -0.2) is 64.1 Å². The van der Waals surface area contributed by atoms with Crippen LogP contribution < -0.4 is 10.1 Å². The van der Waals surface area contributed by atoms with E-state index in [0.717, 1.165) is 28.7 Å². The lowest BCUT2D eigenvalue weighted by Crippen LogP contribution is -2.38. The van der Waals surface area contributed by atoms with Gasteiger partial charge in [0, 0.05) is 50.5 Å². The summed E-state index contributed by atoms with van der Waals surface area (Å²) in [6, 6.07) is 6.60. The van der Waals surface area contributed by atoms with Crippen molar-refractivity contribution in [2.45, 2.75) is 25.2 Å². The molecule has 3 aromatic rings. The Morgan fingerprint density at radius 1 is 1.24 bits per heavy atom. The number of benzene rings is 1. The minimum atomic E-state index is -0.474. The van der Waals surface area contributed by atoms with E-state index >= 15 is 0 Å². The topological polar surface area (TPSA) is 103 Å². The Morgan fingerprint density at radius 3 is 2.82 bits per heavy atom. The van der Waals surface area contributed by atoms with Crippen LogP contribution in [0, 0.1) is 0 Å².